The Bertz CT molecular complexity index is 619. The third-order valence-corrected chi connectivity index (χ3v) is 3.16. The monoisotopic (exact) mass is 267 g/mol. The number of ether oxygens (including phenoxy) is 1. The number of hydrogen-bond acceptors (Lipinski definition) is 6. The van der Waals surface area contributed by atoms with Crippen molar-refractivity contribution in [3.63, 3.8) is 0 Å². The molecule has 0 unspecified atom stereocenters. The van der Waals surface area contributed by atoms with Crippen molar-refractivity contribution in [2.75, 3.05) is 24.6 Å². The van der Waals surface area contributed by atoms with E-state index in [1.165, 1.54) is 6.20 Å². The fraction of sp³-hybridized carbons (Fsp3) is 0.286. The molecule has 0 aliphatic carbocycles. The lowest BCUT2D eigenvalue weighted by Gasteiger charge is -2.39. The lowest BCUT2D eigenvalue weighted by Crippen LogP contribution is -2.50. The predicted octanol–water partition coefficient (Wildman–Crippen LogP) is 1.26. The molecule has 6 nitrogen and oxygen atoms in total. The molecule has 0 radical (unpaired) electrons. The minimum Gasteiger partial charge on any atom is -0.492 e. The van der Waals surface area contributed by atoms with Crippen molar-refractivity contribution in [3.05, 3.63) is 42.6 Å². The molecule has 2 aromatic heterocycles. The van der Waals surface area contributed by atoms with Crippen LogP contribution in [-0.4, -0.2) is 34.6 Å². The molecule has 1 aliphatic heterocycles. The number of pyridine rings is 1. The third-order valence-electron chi connectivity index (χ3n) is 3.16. The smallest absolute Gasteiger partial charge is 0.183 e. The molecular formula is C14H13N5O. The van der Waals surface area contributed by atoms with E-state index in [1.807, 2.05) is 17.0 Å². The van der Waals surface area contributed by atoms with Crippen molar-refractivity contribution in [2.45, 2.75) is 0 Å². The quantitative estimate of drug-likeness (QED) is 0.830. The number of nitrogens with zero attached hydrogens (tertiary/aromatic N) is 5. The largest absolute Gasteiger partial charge is 0.492 e. The van der Waals surface area contributed by atoms with E-state index in [2.05, 4.69) is 21.0 Å². The van der Waals surface area contributed by atoms with E-state index in [9.17, 15) is 0 Å². The summed E-state index contributed by atoms with van der Waals surface area (Å²) < 4.78 is 5.66. The molecule has 0 saturated carbocycles. The molecule has 0 aromatic carbocycles. The molecule has 2 aromatic rings. The Kier molecular flexibility index (Phi) is 3.42. The highest BCUT2D eigenvalue weighted by Crippen LogP contribution is 2.24. The first-order valence-electron chi connectivity index (χ1n) is 6.35. The van der Waals surface area contributed by atoms with E-state index in [1.54, 1.807) is 18.6 Å². The Morgan fingerprint density at radius 1 is 1.30 bits per heavy atom. The summed E-state index contributed by atoms with van der Waals surface area (Å²) in [6.45, 7) is 2.30. The van der Waals surface area contributed by atoms with Gasteiger partial charge in [-0.05, 0) is 12.1 Å². The molecule has 3 rings (SSSR count). The van der Waals surface area contributed by atoms with Crippen molar-refractivity contribution in [3.8, 4) is 11.8 Å². The molecule has 3 heterocycles. The molecule has 0 N–H and O–H groups in total. The van der Waals surface area contributed by atoms with Gasteiger partial charge in [0.2, 0.25) is 0 Å². The van der Waals surface area contributed by atoms with Crippen LogP contribution in [0.2, 0.25) is 0 Å². The number of hydrogen-bond donors (Lipinski definition) is 0. The van der Waals surface area contributed by atoms with Crippen LogP contribution in [0.5, 0.6) is 5.75 Å². The van der Waals surface area contributed by atoms with Gasteiger partial charge in [0.15, 0.2) is 11.5 Å². The first kappa shape index (κ1) is 12.4. The molecule has 0 bridgehead atoms. The molecule has 20 heavy (non-hydrogen) atoms. The van der Waals surface area contributed by atoms with Crippen molar-refractivity contribution < 1.29 is 4.74 Å². The average Bonchev–Trinajstić information content (AvgIpc) is 2.47. The summed E-state index contributed by atoms with van der Waals surface area (Å²) >= 11 is 0. The van der Waals surface area contributed by atoms with E-state index >= 15 is 0 Å². The highest BCUT2D eigenvalue weighted by Gasteiger charge is 2.30. The van der Waals surface area contributed by atoms with Gasteiger partial charge in [0.25, 0.3) is 0 Å². The van der Waals surface area contributed by atoms with Gasteiger partial charge in [0, 0.05) is 37.6 Å². The number of anilines is 1. The summed E-state index contributed by atoms with van der Waals surface area (Å²) in [6.07, 6.45) is 6.56. The highest BCUT2D eigenvalue weighted by molar-refractivity contribution is 5.51. The van der Waals surface area contributed by atoms with Gasteiger partial charge in [-0.1, -0.05) is 0 Å². The van der Waals surface area contributed by atoms with Gasteiger partial charge in [0.1, 0.15) is 11.8 Å². The van der Waals surface area contributed by atoms with Gasteiger partial charge in [-0.2, -0.15) is 5.26 Å². The minimum atomic E-state index is 0.374. The maximum atomic E-state index is 8.99. The molecule has 0 atom stereocenters. The van der Waals surface area contributed by atoms with Crippen LogP contribution in [0.3, 0.4) is 0 Å². The SMILES string of the molecule is N#Cc1nccnc1N1CC(COc2cccnc2)C1. The van der Waals surface area contributed by atoms with Crippen LogP contribution in [0.15, 0.2) is 36.9 Å². The van der Waals surface area contributed by atoms with Crippen molar-refractivity contribution >= 4 is 5.82 Å². The Morgan fingerprint density at radius 3 is 2.90 bits per heavy atom. The summed E-state index contributed by atoms with van der Waals surface area (Å²) in [5.41, 5.74) is 0.374. The fourth-order valence-corrected chi connectivity index (χ4v) is 2.14. The van der Waals surface area contributed by atoms with Crippen LogP contribution >= 0.6 is 0 Å². The van der Waals surface area contributed by atoms with E-state index in [0.29, 0.717) is 24.0 Å². The van der Waals surface area contributed by atoms with Crippen molar-refractivity contribution in [1.82, 2.24) is 15.0 Å². The first-order valence-corrected chi connectivity index (χ1v) is 6.35. The Morgan fingerprint density at radius 2 is 2.15 bits per heavy atom. The zero-order chi connectivity index (χ0) is 13.8. The van der Waals surface area contributed by atoms with E-state index in [-0.39, 0.29) is 0 Å². The van der Waals surface area contributed by atoms with E-state index in [0.717, 1.165) is 18.8 Å². The highest BCUT2D eigenvalue weighted by atomic mass is 16.5. The normalized spacial score (nSPS) is 14.4. The van der Waals surface area contributed by atoms with Gasteiger partial charge in [-0.25, -0.2) is 9.97 Å². The van der Waals surface area contributed by atoms with E-state index < -0.39 is 0 Å². The van der Waals surface area contributed by atoms with Gasteiger partial charge < -0.3 is 9.64 Å². The standard InChI is InChI=1S/C14H13N5O/c15-6-13-14(18-5-4-17-13)19-8-11(9-19)10-20-12-2-1-3-16-7-12/h1-5,7,11H,8-10H2. The third kappa shape index (κ3) is 2.52. The number of nitriles is 1. The lowest BCUT2D eigenvalue weighted by molar-refractivity contribution is 0.219. The Labute approximate surface area is 116 Å². The van der Waals surface area contributed by atoms with Crippen LogP contribution in [0.25, 0.3) is 0 Å². The second kappa shape index (κ2) is 5.53. The lowest BCUT2D eigenvalue weighted by atomic mass is 10.0. The van der Waals surface area contributed by atoms with Gasteiger partial charge in [-0.15, -0.1) is 0 Å². The number of aromatic nitrogens is 3. The maximum Gasteiger partial charge on any atom is 0.183 e. The molecule has 1 aliphatic rings. The van der Waals surface area contributed by atoms with Gasteiger partial charge >= 0.3 is 0 Å². The summed E-state index contributed by atoms with van der Waals surface area (Å²) in [5, 5.41) is 8.99. The maximum absolute atomic E-state index is 8.99. The molecule has 0 spiro atoms. The summed E-state index contributed by atoms with van der Waals surface area (Å²) in [4.78, 5) is 14.3. The second-order valence-electron chi connectivity index (χ2n) is 4.61. The van der Waals surface area contributed by atoms with Crippen LogP contribution in [-0.2, 0) is 0 Å². The zero-order valence-corrected chi connectivity index (χ0v) is 10.8. The van der Waals surface area contributed by atoms with Gasteiger partial charge in [0.05, 0.1) is 12.8 Å². The molecular weight excluding hydrogens is 254 g/mol. The minimum absolute atomic E-state index is 0.374. The summed E-state index contributed by atoms with van der Waals surface area (Å²) in [6, 6.07) is 5.80. The molecule has 1 fully saturated rings. The van der Waals surface area contributed by atoms with Crippen molar-refractivity contribution in [2.24, 2.45) is 5.92 Å². The van der Waals surface area contributed by atoms with Crippen molar-refractivity contribution in [1.29, 1.82) is 5.26 Å². The first-order chi connectivity index (χ1) is 9.86. The summed E-state index contributed by atoms with van der Waals surface area (Å²) in [5.74, 6) is 1.87. The topological polar surface area (TPSA) is 74.9 Å². The van der Waals surface area contributed by atoms with Crippen LogP contribution in [0, 0.1) is 17.2 Å². The number of rotatable bonds is 4. The molecule has 100 valence electrons. The summed E-state index contributed by atoms with van der Waals surface area (Å²) in [7, 11) is 0. The van der Waals surface area contributed by atoms with Crippen LogP contribution in [0.1, 0.15) is 5.69 Å². The zero-order valence-electron chi connectivity index (χ0n) is 10.8. The Balaban J connectivity index is 1.53. The molecule has 0 amide bonds. The van der Waals surface area contributed by atoms with Crippen LogP contribution < -0.4 is 9.64 Å². The predicted molar refractivity (Wildman–Crippen MR) is 72.2 cm³/mol. The van der Waals surface area contributed by atoms with Gasteiger partial charge in [-0.3, -0.25) is 4.98 Å². The van der Waals surface area contributed by atoms with E-state index in [4.69, 9.17) is 10.00 Å². The molecule has 1 saturated heterocycles. The Hall–Kier alpha value is -2.68. The second-order valence-corrected chi connectivity index (χ2v) is 4.61. The average molecular weight is 267 g/mol. The fourth-order valence-electron chi connectivity index (χ4n) is 2.14. The van der Waals surface area contributed by atoms with Crippen LogP contribution in [0.4, 0.5) is 5.82 Å². The molecule has 6 heteroatoms.